The van der Waals surface area contributed by atoms with E-state index in [4.69, 9.17) is 23.2 Å². The van der Waals surface area contributed by atoms with Gasteiger partial charge in [0.15, 0.2) is 0 Å². The van der Waals surface area contributed by atoms with E-state index < -0.39 is 23.4 Å². The highest BCUT2D eigenvalue weighted by molar-refractivity contribution is 6.42. The van der Waals surface area contributed by atoms with E-state index in [1.54, 1.807) is 61.0 Å². The lowest BCUT2D eigenvalue weighted by atomic mass is 9.92. The summed E-state index contributed by atoms with van der Waals surface area (Å²) in [5.74, 6) is -1.08. The number of hydrazine groups is 1. The van der Waals surface area contributed by atoms with Crippen LogP contribution in [-0.4, -0.2) is 32.6 Å². The SMILES string of the molecule is Cc1nn(-c2ccc(Cl)c(Cl)c2)c(C)c1CC(=O)NN1C(=O)NC(C)(c2ccccc2)C1=O. The molecule has 0 saturated carbocycles. The molecule has 1 aliphatic heterocycles. The third-order valence-corrected chi connectivity index (χ3v) is 6.44. The summed E-state index contributed by atoms with van der Waals surface area (Å²) in [6, 6.07) is 13.3. The summed E-state index contributed by atoms with van der Waals surface area (Å²) in [4.78, 5) is 38.3. The van der Waals surface area contributed by atoms with Crippen LogP contribution in [0.25, 0.3) is 5.69 Å². The van der Waals surface area contributed by atoms with Crippen molar-refractivity contribution in [3.8, 4) is 5.69 Å². The third-order valence-electron chi connectivity index (χ3n) is 5.70. The van der Waals surface area contributed by atoms with Gasteiger partial charge >= 0.3 is 6.03 Å². The molecule has 1 aliphatic rings. The minimum Gasteiger partial charge on any atom is -0.318 e. The average Bonchev–Trinajstić information content (AvgIpc) is 3.19. The Morgan fingerprint density at radius 3 is 2.45 bits per heavy atom. The average molecular weight is 486 g/mol. The number of hydrogen-bond acceptors (Lipinski definition) is 4. The number of amides is 4. The van der Waals surface area contributed by atoms with Crippen LogP contribution >= 0.6 is 23.2 Å². The summed E-state index contributed by atoms with van der Waals surface area (Å²) in [5, 5.41) is 8.70. The van der Waals surface area contributed by atoms with Gasteiger partial charge in [0.05, 0.1) is 27.8 Å². The molecule has 1 atom stereocenters. The summed E-state index contributed by atoms with van der Waals surface area (Å²) < 4.78 is 1.67. The van der Waals surface area contributed by atoms with Crippen molar-refractivity contribution in [3.05, 3.63) is 81.1 Å². The molecule has 10 heteroatoms. The molecule has 1 unspecified atom stereocenters. The molecule has 1 saturated heterocycles. The van der Waals surface area contributed by atoms with E-state index in [1.165, 1.54) is 0 Å². The molecule has 1 fully saturated rings. The second-order valence-electron chi connectivity index (χ2n) is 7.93. The molecule has 0 radical (unpaired) electrons. The van der Waals surface area contributed by atoms with Crippen LogP contribution in [0.2, 0.25) is 10.0 Å². The summed E-state index contributed by atoms with van der Waals surface area (Å²) in [5.41, 5.74) is 4.53. The monoisotopic (exact) mass is 485 g/mol. The molecule has 2 aromatic carbocycles. The Hall–Kier alpha value is -3.36. The fraction of sp³-hybridized carbons (Fsp3) is 0.217. The lowest BCUT2D eigenvalue weighted by molar-refractivity contribution is -0.138. The first-order valence-electron chi connectivity index (χ1n) is 10.1. The molecule has 0 bridgehead atoms. The van der Waals surface area contributed by atoms with Crippen LogP contribution in [-0.2, 0) is 21.5 Å². The molecule has 0 aliphatic carbocycles. The minimum atomic E-state index is -1.27. The Morgan fingerprint density at radius 1 is 1.09 bits per heavy atom. The number of rotatable bonds is 5. The quantitative estimate of drug-likeness (QED) is 0.536. The molecular weight excluding hydrogens is 465 g/mol. The molecule has 4 rings (SSSR count). The van der Waals surface area contributed by atoms with Gasteiger partial charge in [-0.2, -0.15) is 10.1 Å². The van der Waals surface area contributed by atoms with Crippen molar-refractivity contribution in [2.45, 2.75) is 32.7 Å². The first-order valence-corrected chi connectivity index (χ1v) is 10.9. The molecule has 33 heavy (non-hydrogen) atoms. The van der Waals surface area contributed by atoms with Crippen molar-refractivity contribution in [2.75, 3.05) is 0 Å². The second-order valence-corrected chi connectivity index (χ2v) is 8.75. The van der Waals surface area contributed by atoms with Gasteiger partial charge in [0.25, 0.3) is 5.91 Å². The van der Waals surface area contributed by atoms with Crippen LogP contribution in [0.1, 0.15) is 29.4 Å². The predicted molar refractivity (Wildman–Crippen MR) is 124 cm³/mol. The lowest BCUT2D eigenvalue weighted by Crippen LogP contribution is -2.48. The van der Waals surface area contributed by atoms with Crippen molar-refractivity contribution >= 4 is 41.0 Å². The van der Waals surface area contributed by atoms with Crippen LogP contribution in [0.4, 0.5) is 4.79 Å². The molecule has 3 aromatic rings. The first-order chi connectivity index (χ1) is 15.6. The maximum absolute atomic E-state index is 13.0. The zero-order valence-electron chi connectivity index (χ0n) is 18.1. The number of imide groups is 1. The molecule has 0 spiro atoms. The van der Waals surface area contributed by atoms with Crippen LogP contribution in [0.3, 0.4) is 0 Å². The van der Waals surface area contributed by atoms with Crippen molar-refractivity contribution < 1.29 is 14.4 Å². The maximum atomic E-state index is 13.0. The topological polar surface area (TPSA) is 96.3 Å². The number of hydrogen-bond donors (Lipinski definition) is 2. The number of nitrogens with zero attached hydrogens (tertiary/aromatic N) is 3. The van der Waals surface area contributed by atoms with Gasteiger partial charge < -0.3 is 5.32 Å². The van der Waals surface area contributed by atoms with Crippen LogP contribution in [0.15, 0.2) is 48.5 Å². The van der Waals surface area contributed by atoms with Gasteiger partial charge in [0, 0.05) is 11.3 Å². The highest BCUT2D eigenvalue weighted by Gasteiger charge is 2.50. The van der Waals surface area contributed by atoms with Crippen molar-refractivity contribution in [1.82, 2.24) is 25.5 Å². The van der Waals surface area contributed by atoms with Crippen molar-refractivity contribution in [2.24, 2.45) is 0 Å². The molecular formula is C23H21Cl2N5O3. The number of urea groups is 1. The van der Waals surface area contributed by atoms with E-state index in [2.05, 4.69) is 15.8 Å². The van der Waals surface area contributed by atoms with E-state index in [0.717, 1.165) is 10.7 Å². The Labute approximate surface area is 200 Å². The summed E-state index contributed by atoms with van der Waals surface area (Å²) in [6.45, 7) is 5.21. The second kappa shape index (κ2) is 8.53. The number of carbonyl (C=O) groups is 3. The Bertz CT molecular complexity index is 1270. The van der Waals surface area contributed by atoms with Gasteiger partial charge in [0.2, 0.25) is 5.91 Å². The predicted octanol–water partition coefficient (Wildman–Crippen LogP) is 3.84. The summed E-state index contributed by atoms with van der Waals surface area (Å²) >= 11 is 12.1. The largest absolute Gasteiger partial charge is 0.344 e. The number of benzene rings is 2. The van der Waals surface area contributed by atoms with Crippen molar-refractivity contribution in [3.63, 3.8) is 0 Å². The van der Waals surface area contributed by atoms with Gasteiger partial charge in [-0.15, -0.1) is 0 Å². The number of aryl methyl sites for hydroxylation is 1. The number of halogens is 2. The van der Waals surface area contributed by atoms with E-state index >= 15 is 0 Å². The van der Waals surface area contributed by atoms with Crippen LogP contribution in [0.5, 0.6) is 0 Å². The third kappa shape index (κ3) is 4.07. The molecule has 2 N–H and O–H groups in total. The van der Waals surface area contributed by atoms with Gasteiger partial charge in [-0.05, 0) is 44.5 Å². The summed E-state index contributed by atoms with van der Waals surface area (Å²) in [7, 11) is 0. The highest BCUT2D eigenvalue weighted by atomic mass is 35.5. The standard InChI is InChI=1S/C23H21Cl2N5O3/c1-13-17(14(2)29(27-13)16-9-10-18(24)19(25)11-16)12-20(31)28-30-21(32)23(3,26-22(30)33)15-7-5-4-6-8-15/h4-11H,12H2,1-3H3,(H,26,33)(H,28,31). The Balaban J connectivity index is 1.53. The van der Waals surface area contributed by atoms with Crippen LogP contribution in [0, 0.1) is 13.8 Å². The molecule has 4 amide bonds. The smallest absolute Gasteiger partial charge is 0.318 e. The first kappa shape index (κ1) is 22.8. The number of carbonyl (C=O) groups excluding carboxylic acids is 3. The number of aromatic nitrogens is 2. The minimum absolute atomic E-state index is 0.0713. The van der Waals surface area contributed by atoms with Crippen LogP contribution < -0.4 is 10.7 Å². The van der Waals surface area contributed by atoms with Gasteiger partial charge in [0.1, 0.15) is 5.54 Å². The highest BCUT2D eigenvalue weighted by Crippen LogP contribution is 2.28. The van der Waals surface area contributed by atoms with E-state index in [1.807, 2.05) is 13.0 Å². The normalized spacial score (nSPS) is 17.9. The molecule has 1 aromatic heterocycles. The molecule has 2 heterocycles. The van der Waals surface area contributed by atoms with E-state index in [9.17, 15) is 14.4 Å². The van der Waals surface area contributed by atoms with Gasteiger partial charge in [-0.3, -0.25) is 15.0 Å². The van der Waals surface area contributed by atoms with Crippen molar-refractivity contribution in [1.29, 1.82) is 0 Å². The van der Waals surface area contributed by atoms with E-state index in [-0.39, 0.29) is 6.42 Å². The van der Waals surface area contributed by atoms with Gasteiger partial charge in [-0.1, -0.05) is 53.5 Å². The fourth-order valence-corrected chi connectivity index (χ4v) is 4.12. The number of nitrogens with one attached hydrogen (secondary N) is 2. The molecule has 170 valence electrons. The zero-order chi connectivity index (χ0) is 23.9. The zero-order valence-corrected chi connectivity index (χ0v) is 19.7. The Morgan fingerprint density at radius 2 is 1.79 bits per heavy atom. The van der Waals surface area contributed by atoms with E-state index in [0.29, 0.717) is 32.6 Å². The Kier molecular flexibility index (Phi) is 5.90. The molecule has 8 nitrogen and oxygen atoms in total. The van der Waals surface area contributed by atoms with Gasteiger partial charge in [-0.25, -0.2) is 9.48 Å². The summed E-state index contributed by atoms with van der Waals surface area (Å²) in [6.07, 6.45) is -0.0713. The lowest BCUT2D eigenvalue weighted by Gasteiger charge is -2.22. The maximum Gasteiger partial charge on any atom is 0.344 e. The fourth-order valence-electron chi connectivity index (χ4n) is 3.83.